The topological polar surface area (TPSA) is 149 Å². The minimum atomic E-state index is -1.58. The minimum absolute atomic E-state index is 0.204. The highest BCUT2D eigenvalue weighted by atomic mass is 16.7. The van der Waals surface area contributed by atoms with Crippen molar-refractivity contribution in [3.63, 3.8) is 0 Å². The second kappa shape index (κ2) is 52.3. The number of rotatable bonds is 49. The van der Waals surface area contributed by atoms with Gasteiger partial charge in [0.15, 0.2) is 6.29 Å². The van der Waals surface area contributed by atoms with Crippen molar-refractivity contribution in [2.24, 2.45) is 0 Å². The van der Waals surface area contributed by atoms with Crippen molar-refractivity contribution in [3.8, 4) is 0 Å². The molecule has 7 atom stereocenters. The summed E-state index contributed by atoms with van der Waals surface area (Å²) in [5.41, 5.74) is 0. The third-order valence-corrected chi connectivity index (χ3v) is 13.4. The molecule has 9 nitrogen and oxygen atoms in total. The summed E-state index contributed by atoms with van der Waals surface area (Å²) in [4.78, 5) is 13.1. The number of aliphatic hydroxyl groups is 5. The maximum Gasteiger partial charge on any atom is 0.220 e. The summed E-state index contributed by atoms with van der Waals surface area (Å²) in [5.74, 6) is -0.204. The predicted molar refractivity (Wildman–Crippen MR) is 308 cm³/mol. The number of nitrogens with one attached hydrogen (secondary N) is 1. The van der Waals surface area contributed by atoms with Crippen LogP contribution in [0.1, 0.15) is 232 Å². The van der Waals surface area contributed by atoms with Crippen molar-refractivity contribution in [2.45, 2.75) is 275 Å². The molecular weight excluding hydrogens is 911 g/mol. The standard InChI is InChI=1S/C64H109NO8/c1-3-5-7-9-11-13-15-17-19-21-23-25-26-27-28-29-30-31-32-34-36-38-40-42-44-46-48-50-52-54-60(68)65-57(56-72-64-63(71)62(70)61(69)59(55-66)73-64)58(67)53-51-49-47-45-43-41-39-37-35-33-24-22-20-18-16-14-12-10-8-6-4-2/h5,7,11,13,17,19,23,25,27-28,30-31,34,36,40,42,51,53,57-59,61-64,66-67,69-71H,3-4,6,8-10,12,14-16,18,20-22,24,26,29,32-33,35,37-39,41,43-50,52,54-56H2,1-2H3,(H,65,68)/b7-5-,13-11-,19-17-,25-23-,28-27-,31-30-,36-34-,42-40-,53-51+. The number of hydrogen-bond donors (Lipinski definition) is 6. The lowest BCUT2D eigenvalue weighted by molar-refractivity contribution is -0.302. The zero-order valence-corrected chi connectivity index (χ0v) is 46.4. The molecule has 1 aliphatic rings. The van der Waals surface area contributed by atoms with Crippen LogP contribution in [0.15, 0.2) is 109 Å². The third kappa shape index (κ3) is 41.7. The molecule has 1 fully saturated rings. The van der Waals surface area contributed by atoms with Crippen molar-refractivity contribution in [2.75, 3.05) is 13.2 Å². The molecule has 7 unspecified atom stereocenters. The SMILES string of the molecule is CC/C=C\C/C=C\C/C=C\C/C=C\C/C=C\C/C=C\C/C=C\C/C=C\CCCCCCC(=O)NC(COC1OC(CO)C(O)C(O)C1O)C(O)/C=C/CCCCCCCCCCCCCCCCCCCCC. The number of ether oxygens (including phenoxy) is 2. The van der Waals surface area contributed by atoms with E-state index in [0.29, 0.717) is 6.42 Å². The molecule has 1 saturated heterocycles. The van der Waals surface area contributed by atoms with Crippen LogP contribution in [-0.2, 0) is 14.3 Å². The summed E-state index contributed by atoms with van der Waals surface area (Å²) in [7, 11) is 0. The Morgan fingerprint density at radius 1 is 0.479 bits per heavy atom. The van der Waals surface area contributed by atoms with Gasteiger partial charge in [-0.25, -0.2) is 0 Å². The van der Waals surface area contributed by atoms with Crippen molar-refractivity contribution in [1.82, 2.24) is 5.32 Å². The van der Waals surface area contributed by atoms with Crippen LogP contribution in [0, 0.1) is 0 Å². The molecule has 0 aromatic carbocycles. The van der Waals surface area contributed by atoms with Gasteiger partial charge in [-0.15, -0.1) is 0 Å². The third-order valence-electron chi connectivity index (χ3n) is 13.4. The highest BCUT2D eigenvalue weighted by Gasteiger charge is 2.44. The van der Waals surface area contributed by atoms with E-state index in [1.165, 1.54) is 109 Å². The molecule has 73 heavy (non-hydrogen) atoms. The lowest BCUT2D eigenvalue weighted by Crippen LogP contribution is -2.60. The monoisotopic (exact) mass is 1020 g/mol. The molecule has 6 N–H and O–H groups in total. The lowest BCUT2D eigenvalue weighted by Gasteiger charge is -2.40. The highest BCUT2D eigenvalue weighted by molar-refractivity contribution is 5.76. The van der Waals surface area contributed by atoms with E-state index in [-0.39, 0.29) is 12.5 Å². The average Bonchev–Trinajstić information content (AvgIpc) is 3.39. The van der Waals surface area contributed by atoms with E-state index in [4.69, 9.17) is 9.47 Å². The van der Waals surface area contributed by atoms with E-state index in [1.54, 1.807) is 6.08 Å². The molecule has 0 spiro atoms. The van der Waals surface area contributed by atoms with Crippen LogP contribution in [0.25, 0.3) is 0 Å². The van der Waals surface area contributed by atoms with Gasteiger partial charge in [0.05, 0.1) is 25.4 Å². The number of allylic oxidation sites excluding steroid dienone is 17. The predicted octanol–water partition coefficient (Wildman–Crippen LogP) is 15.0. The molecule has 1 rings (SSSR count). The molecule has 1 aliphatic heterocycles. The Morgan fingerprint density at radius 2 is 0.849 bits per heavy atom. The summed E-state index contributed by atoms with van der Waals surface area (Å²) in [6, 6.07) is -0.828. The summed E-state index contributed by atoms with van der Waals surface area (Å²) < 4.78 is 11.3. The molecule has 0 aliphatic carbocycles. The quantitative estimate of drug-likeness (QED) is 0.0261. The van der Waals surface area contributed by atoms with Crippen LogP contribution in [0.3, 0.4) is 0 Å². The fourth-order valence-electron chi connectivity index (χ4n) is 8.70. The fourth-order valence-corrected chi connectivity index (χ4v) is 8.70. The second-order valence-corrected chi connectivity index (χ2v) is 20.1. The first kappa shape index (κ1) is 67.9. The zero-order chi connectivity index (χ0) is 52.9. The molecule has 0 saturated carbocycles. The molecule has 1 amide bonds. The maximum absolute atomic E-state index is 13.1. The van der Waals surface area contributed by atoms with Gasteiger partial charge in [0, 0.05) is 6.42 Å². The summed E-state index contributed by atoms with van der Waals surface area (Å²) in [6.07, 6.45) is 70.0. The van der Waals surface area contributed by atoms with Gasteiger partial charge >= 0.3 is 0 Å². The Labute approximate surface area is 446 Å². The molecule has 0 bridgehead atoms. The average molecular weight is 1020 g/mol. The van der Waals surface area contributed by atoms with E-state index in [0.717, 1.165) is 103 Å². The normalized spacial score (nSPS) is 19.9. The van der Waals surface area contributed by atoms with Gasteiger partial charge in [-0.2, -0.15) is 0 Å². The first-order chi connectivity index (χ1) is 35.8. The summed E-state index contributed by atoms with van der Waals surface area (Å²) >= 11 is 0. The molecule has 9 heteroatoms. The molecule has 418 valence electrons. The molecular formula is C64H109NO8. The fraction of sp³-hybridized carbons (Fsp3) is 0.703. The Kier molecular flexibility index (Phi) is 48.6. The summed E-state index contributed by atoms with van der Waals surface area (Å²) in [5, 5.41) is 54.5. The van der Waals surface area contributed by atoms with Crippen molar-refractivity contribution in [1.29, 1.82) is 0 Å². The van der Waals surface area contributed by atoms with Gasteiger partial charge in [0.2, 0.25) is 5.91 Å². The minimum Gasteiger partial charge on any atom is -0.394 e. The van der Waals surface area contributed by atoms with Crippen molar-refractivity contribution >= 4 is 5.91 Å². The van der Waals surface area contributed by atoms with Gasteiger partial charge in [-0.3, -0.25) is 4.79 Å². The first-order valence-corrected chi connectivity index (χ1v) is 29.6. The second-order valence-electron chi connectivity index (χ2n) is 20.1. The zero-order valence-electron chi connectivity index (χ0n) is 46.4. The van der Waals surface area contributed by atoms with Crippen LogP contribution in [-0.4, -0.2) is 87.5 Å². The van der Waals surface area contributed by atoms with Gasteiger partial charge in [0.25, 0.3) is 0 Å². The van der Waals surface area contributed by atoms with Gasteiger partial charge < -0.3 is 40.3 Å². The Balaban J connectivity index is 2.27. The van der Waals surface area contributed by atoms with E-state index >= 15 is 0 Å². The number of carbonyl (C=O) groups excluding carboxylic acids is 1. The molecule has 0 radical (unpaired) electrons. The molecule has 0 aromatic rings. The smallest absolute Gasteiger partial charge is 0.220 e. The Bertz CT molecular complexity index is 1510. The van der Waals surface area contributed by atoms with Crippen LogP contribution in [0.5, 0.6) is 0 Å². The maximum atomic E-state index is 13.1. The van der Waals surface area contributed by atoms with E-state index < -0.39 is 49.5 Å². The molecule has 1 heterocycles. The van der Waals surface area contributed by atoms with Gasteiger partial charge in [-0.1, -0.05) is 252 Å². The van der Waals surface area contributed by atoms with E-state index in [1.807, 2.05) is 6.08 Å². The Morgan fingerprint density at radius 3 is 1.26 bits per heavy atom. The molecule has 0 aromatic heterocycles. The number of amides is 1. The number of carbonyl (C=O) groups is 1. The van der Waals surface area contributed by atoms with Gasteiger partial charge in [0.1, 0.15) is 24.4 Å². The van der Waals surface area contributed by atoms with Gasteiger partial charge in [-0.05, 0) is 83.5 Å². The number of aliphatic hydroxyl groups excluding tert-OH is 5. The summed E-state index contributed by atoms with van der Waals surface area (Å²) in [6.45, 7) is 3.66. The van der Waals surface area contributed by atoms with Crippen LogP contribution >= 0.6 is 0 Å². The number of hydrogen-bond acceptors (Lipinski definition) is 8. The van der Waals surface area contributed by atoms with Crippen molar-refractivity contribution in [3.05, 3.63) is 109 Å². The van der Waals surface area contributed by atoms with Crippen molar-refractivity contribution < 1.29 is 39.8 Å². The van der Waals surface area contributed by atoms with Crippen LogP contribution in [0.2, 0.25) is 0 Å². The highest BCUT2D eigenvalue weighted by Crippen LogP contribution is 2.23. The first-order valence-electron chi connectivity index (χ1n) is 29.6. The number of unbranched alkanes of at least 4 members (excludes halogenated alkanes) is 23. The lowest BCUT2D eigenvalue weighted by atomic mass is 9.99. The largest absolute Gasteiger partial charge is 0.394 e. The van der Waals surface area contributed by atoms with E-state index in [9.17, 15) is 30.3 Å². The Hall–Kier alpha value is -3.15. The van der Waals surface area contributed by atoms with Crippen LogP contribution in [0.4, 0.5) is 0 Å². The van der Waals surface area contributed by atoms with E-state index in [2.05, 4.69) is 116 Å². The van der Waals surface area contributed by atoms with Crippen LogP contribution < -0.4 is 5.32 Å².